The van der Waals surface area contributed by atoms with Crippen LogP contribution in [-0.2, 0) is 9.59 Å². The summed E-state index contributed by atoms with van der Waals surface area (Å²) in [6.07, 6.45) is 8.35. The number of nitrogens with zero attached hydrogens (tertiary/aromatic N) is 4. The van der Waals surface area contributed by atoms with Gasteiger partial charge in [-0.25, -0.2) is 0 Å². The van der Waals surface area contributed by atoms with E-state index >= 15 is 0 Å². The van der Waals surface area contributed by atoms with Crippen LogP contribution in [0.3, 0.4) is 0 Å². The van der Waals surface area contributed by atoms with Crippen molar-refractivity contribution in [1.29, 1.82) is 0 Å². The summed E-state index contributed by atoms with van der Waals surface area (Å²) in [5.41, 5.74) is 0. The smallest absolute Gasteiger partial charge is 0.233 e. The molecule has 7 heteroatoms. The second-order valence-corrected chi connectivity index (χ2v) is 12.6. The lowest BCUT2D eigenvalue weighted by atomic mass is 9.78. The maximum Gasteiger partial charge on any atom is 0.233 e. The highest BCUT2D eigenvalue weighted by Crippen LogP contribution is 2.56. The predicted molar refractivity (Wildman–Crippen MR) is 138 cm³/mol. The molecule has 0 radical (unpaired) electrons. The fourth-order valence-electron chi connectivity index (χ4n) is 8.22. The average molecular weight is 493 g/mol. The molecule has 6 atom stereocenters. The van der Waals surface area contributed by atoms with E-state index in [1.807, 2.05) is 0 Å². The van der Waals surface area contributed by atoms with Crippen LogP contribution in [0.1, 0.15) is 44.9 Å². The van der Waals surface area contributed by atoms with E-state index in [-0.39, 0.29) is 23.7 Å². The summed E-state index contributed by atoms with van der Waals surface area (Å²) >= 11 is 1.60. The van der Waals surface area contributed by atoms with Gasteiger partial charge in [-0.2, -0.15) is 4.37 Å². The van der Waals surface area contributed by atoms with Crippen LogP contribution in [0.4, 0.5) is 5.82 Å². The second kappa shape index (κ2) is 8.84. The van der Waals surface area contributed by atoms with Crippen molar-refractivity contribution in [2.45, 2.75) is 44.9 Å². The molecule has 6 nitrogen and oxygen atoms in total. The van der Waals surface area contributed by atoms with Gasteiger partial charge in [0.1, 0.15) is 5.82 Å². The first-order chi connectivity index (χ1) is 17.2. The van der Waals surface area contributed by atoms with Gasteiger partial charge in [-0.15, -0.1) is 0 Å². The molecule has 35 heavy (non-hydrogen) atoms. The molecule has 0 N–H and O–H groups in total. The zero-order valence-corrected chi connectivity index (χ0v) is 21.3. The van der Waals surface area contributed by atoms with E-state index in [2.05, 4.69) is 34.1 Å². The molecular formula is C28H36N4O2S. The number of rotatable bonds is 5. The van der Waals surface area contributed by atoms with Crippen LogP contribution in [-0.4, -0.2) is 65.3 Å². The molecule has 2 bridgehead atoms. The summed E-state index contributed by atoms with van der Waals surface area (Å²) in [4.78, 5) is 33.4. The first-order valence-corrected chi connectivity index (χ1v) is 14.6. The topological polar surface area (TPSA) is 56.8 Å². The van der Waals surface area contributed by atoms with Gasteiger partial charge >= 0.3 is 0 Å². The SMILES string of the molecule is O=C1[C@@H]2[C@H]3CC[C@@H](C3)[C@@H]2C(=O)N1C[C@H]1CCCC[C@@H]1CN1CCN(c2nsc3ccccc23)CC1. The fraction of sp³-hybridized carbons (Fsp3) is 0.679. The molecule has 5 aliphatic rings. The van der Waals surface area contributed by atoms with Crippen LogP contribution >= 0.6 is 11.5 Å². The maximum atomic E-state index is 13.3. The molecule has 2 saturated heterocycles. The van der Waals surface area contributed by atoms with Crippen LogP contribution in [0.15, 0.2) is 24.3 Å². The molecule has 0 unspecified atom stereocenters. The zero-order chi connectivity index (χ0) is 23.5. The summed E-state index contributed by atoms with van der Waals surface area (Å²) < 4.78 is 6.02. The van der Waals surface area contributed by atoms with Gasteiger partial charge in [0.15, 0.2) is 0 Å². The molecule has 3 aliphatic carbocycles. The number of hydrogen-bond donors (Lipinski definition) is 0. The Kier molecular flexibility index (Phi) is 5.61. The number of anilines is 1. The highest BCUT2D eigenvalue weighted by atomic mass is 32.1. The number of benzene rings is 1. The minimum Gasteiger partial charge on any atom is -0.353 e. The van der Waals surface area contributed by atoms with E-state index in [1.165, 1.54) is 29.3 Å². The molecular weight excluding hydrogens is 456 g/mol. The normalized spacial score (nSPS) is 35.4. The number of piperazine rings is 1. The molecule has 2 aromatic rings. The number of hydrogen-bond acceptors (Lipinski definition) is 6. The Bertz CT molecular complexity index is 1100. The van der Waals surface area contributed by atoms with Gasteiger partial charge in [0.05, 0.1) is 16.5 Å². The molecule has 1 aromatic carbocycles. The molecule has 186 valence electrons. The summed E-state index contributed by atoms with van der Waals surface area (Å²) in [6.45, 7) is 5.93. The Morgan fingerprint density at radius 1 is 0.829 bits per heavy atom. The molecule has 2 aliphatic heterocycles. The van der Waals surface area contributed by atoms with Crippen molar-refractivity contribution >= 4 is 39.3 Å². The molecule has 5 fully saturated rings. The first-order valence-electron chi connectivity index (χ1n) is 13.8. The van der Waals surface area contributed by atoms with Gasteiger partial charge in [-0.05, 0) is 79.4 Å². The van der Waals surface area contributed by atoms with Crippen molar-refractivity contribution in [2.75, 3.05) is 44.2 Å². The van der Waals surface area contributed by atoms with Crippen molar-refractivity contribution < 1.29 is 9.59 Å². The van der Waals surface area contributed by atoms with Gasteiger partial charge in [0.25, 0.3) is 0 Å². The number of fused-ring (bicyclic) bond motifs is 6. The van der Waals surface area contributed by atoms with Crippen LogP contribution < -0.4 is 4.90 Å². The fourth-order valence-corrected chi connectivity index (χ4v) is 9.02. The third-order valence-electron chi connectivity index (χ3n) is 10.0. The summed E-state index contributed by atoms with van der Waals surface area (Å²) in [6, 6.07) is 8.54. The van der Waals surface area contributed by atoms with E-state index in [4.69, 9.17) is 4.37 Å². The lowest BCUT2D eigenvalue weighted by molar-refractivity contribution is -0.142. The van der Waals surface area contributed by atoms with Gasteiger partial charge < -0.3 is 4.90 Å². The van der Waals surface area contributed by atoms with Gasteiger partial charge in [0.2, 0.25) is 11.8 Å². The second-order valence-electron chi connectivity index (χ2n) is 11.8. The largest absolute Gasteiger partial charge is 0.353 e. The molecule has 3 heterocycles. The standard InChI is InChI=1S/C28H36N4O2S/c33-27-24-18-9-10-19(15-18)25(24)28(34)32(27)17-21-6-2-1-5-20(21)16-30-11-13-31(14-12-30)26-22-7-3-4-8-23(22)35-29-26/h3-4,7-8,18-21,24-25H,1-2,5-6,9-17H2/t18-,19-,20+,21+,24-,25+/m0/s1. The molecule has 0 spiro atoms. The summed E-state index contributed by atoms with van der Waals surface area (Å²) in [5.74, 6) is 3.59. The lowest BCUT2D eigenvalue weighted by Gasteiger charge is -2.40. The number of amides is 2. The number of carbonyl (C=O) groups is 2. The van der Waals surface area contributed by atoms with Crippen LogP contribution in [0.25, 0.3) is 10.1 Å². The Hall–Kier alpha value is -1.99. The van der Waals surface area contributed by atoms with Crippen molar-refractivity contribution in [3.05, 3.63) is 24.3 Å². The Morgan fingerprint density at radius 3 is 2.20 bits per heavy atom. The van der Waals surface area contributed by atoms with E-state index in [0.717, 1.165) is 64.2 Å². The van der Waals surface area contributed by atoms with E-state index in [9.17, 15) is 9.59 Å². The Morgan fingerprint density at radius 2 is 1.49 bits per heavy atom. The van der Waals surface area contributed by atoms with E-state index in [1.54, 1.807) is 16.4 Å². The van der Waals surface area contributed by atoms with Crippen molar-refractivity contribution in [2.24, 2.45) is 35.5 Å². The Balaban J connectivity index is 0.986. The van der Waals surface area contributed by atoms with Crippen molar-refractivity contribution in [3.63, 3.8) is 0 Å². The maximum absolute atomic E-state index is 13.3. The third-order valence-corrected chi connectivity index (χ3v) is 10.8. The summed E-state index contributed by atoms with van der Waals surface area (Å²) in [5, 5.41) is 1.27. The average Bonchev–Trinajstić information content (AvgIpc) is 3.66. The predicted octanol–water partition coefficient (Wildman–Crippen LogP) is 4.26. The quantitative estimate of drug-likeness (QED) is 0.584. The van der Waals surface area contributed by atoms with E-state index in [0.29, 0.717) is 30.2 Å². The Labute approximate surface area is 211 Å². The van der Waals surface area contributed by atoms with Crippen LogP contribution in [0.2, 0.25) is 0 Å². The number of carbonyl (C=O) groups excluding carboxylic acids is 2. The third kappa shape index (κ3) is 3.72. The van der Waals surface area contributed by atoms with Crippen molar-refractivity contribution in [1.82, 2.24) is 14.2 Å². The molecule has 1 aromatic heterocycles. The summed E-state index contributed by atoms with van der Waals surface area (Å²) in [7, 11) is 0. The van der Waals surface area contributed by atoms with E-state index < -0.39 is 0 Å². The molecule has 2 amide bonds. The molecule has 3 saturated carbocycles. The van der Waals surface area contributed by atoms with Gasteiger partial charge in [-0.3, -0.25) is 19.4 Å². The number of aromatic nitrogens is 1. The lowest BCUT2D eigenvalue weighted by Crippen LogP contribution is -2.49. The van der Waals surface area contributed by atoms with Crippen LogP contribution in [0.5, 0.6) is 0 Å². The highest BCUT2D eigenvalue weighted by molar-refractivity contribution is 7.13. The zero-order valence-electron chi connectivity index (χ0n) is 20.5. The van der Waals surface area contributed by atoms with Crippen LogP contribution in [0, 0.1) is 35.5 Å². The minimum absolute atomic E-state index is 0.0261. The number of imide groups is 1. The minimum atomic E-state index is 0.0261. The highest BCUT2D eigenvalue weighted by Gasteiger charge is 2.61. The monoisotopic (exact) mass is 492 g/mol. The van der Waals surface area contributed by atoms with Gasteiger partial charge in [-0.1, -0.05) is 25.0 Å². The molecule has 7 rings (SSSR count). The van der Waals surface area contributed by atoms with Gasteiger partial charge in [0, 0.05) is 44.7 Å². The number of likely N-dealkylation sites (tertiary alicyclic amines) is 1. The van der Waals surface area contributed by atoms with Crippen molar-refractivity contribution in [3.8, 4) is 0 Å². The first kappa shape index (κ1) is 22.2.